The number of amides is 1. The monoisotopic (exact) mass is 293 g/mol. The maximum atomic E-state index is 13.2. The lowest BCUT2D eigenvalue weighted by atomic mass is 10.3. The number of anilines is 1. The number of rotatable bonds is 3. The van der Waals surface area contributed by atoms with Crippen LogP contribution in [0.5, 0.6) is 11.5 Å². The minimum atomic E-state index is -1.16. The predicted octanol–water partition coefficient (Wildman–Crippen LogP) is 1.39. The number of hydrogen-bond donors (Lipinski definition) is 3. The summed E-state index contributed by atoms with van der Waals surface area (Å²) in [5.41, 5.74) is 9.36. The number of carbonyl (C=O) groups is 2. The molecule has 1 heterocycles. The van der Waals surface area contributed by atoms with E-state index in [1.807, 2.05) is 0 Å². The van der Waals surface area contributed by atoms with E-state index in [1.165, 1.54) is 30.5 Å². The molecule has 2 rings (SSSR count). The second kappa shape index (κ2) is 7.43. The highest BCUT2D eigenvalue weighted by atomic mass is 19.1. The number of nitrogens with two attached hydrogens (primary N) is 2. The van der Waals surface area contributed by atoms with Crippen LogP contribution in [0.2, 0.25) is 0 Å². The summed E-state index contributed by atoms with van der Waals surface area (Å²) in [6.07, 6.45) is 1.55. The molecule has 21 heavy (non-hydrogen) atoms. The lowest BCUT2D eigenvalue weighted by Gasteiger charge is -2.06. The van der Waals surface area contributed by atoms with E-state index in [2.05, 4.69) is 10.7 Å². The summed E-state index contributed by atoms with van der Waals surface area (Å²) in [4.78, 5) is 22.9. The van der Waals surface area contributed by atoms with Gasteiger partial charge in [0, 0.05) is 18.3 Å². The Hall–Kier alpha value is -3.16. The Morgan fingerprint density at radius 2 is 1.90 bits per heavy atom. The van der Waals surface area contributed by atoms with E-state index >= 15 is 0 Å². The molecule has 110 valence electrons. The van der Waals surface area contributed by atoms with Crippen LogP contribution in [0.1, 0.15) is 10.5 Å². The Morgan fingerprint density at radius 1 is 1.29 bits per heavy atom. The zero-order chi connectivity index (χ0) is 15.8. The standard InChI is InChI=1S/C12H9FN2O3.CH3NO/c13-9-5-7(1-2-10(9)14)18-8-3-4-15-11(6-8)12(16)17;2-1-3/h1-6H,14H2,(H,16,17);1H,(H2,2,3). The molecule has 5 N–H and O–H groups in total. The van der Waals surface area contributed by atoms with Gasteiger partial charge in [-0.15, -0.1) is 0 Å². The first-order valence-corrected chi connectivity index (χ1v) is 5.55. The third kappa shape index (κ3) is 4.78. The van der Waals surface area contributed by atoms with E-state index in [4.69, 9.17) is 20.4 Å². The van der Waals surface area contributed by atoms with E-state index in [1.54, 1.807) is 0 Å². The second-order valence-corrected chi connectivity index (χ2v) is 3.60. The van der Waals surface area contributed by atoms with Gasteiger partial charge in [0.05, 0.1) is 5.69 Å². The number of halogens is 1. The minimum absolute atomic E-state index is 0.0169. The molecule has 1 aromatic carbocycles. The number of pyridine rings is 1. The van der Waals surface area contributed by atoms with Gasteiger partial charge in [-0.3, -0.25) is 4.79 Å². The normalized spacial score (nSPS) is 9.19. The van der Waals surface area contributed by atoms with Crippen LogP contribution >= 0.6 is 0 Å². The van der Waals surface area contributed by atoms with E-state index in [9.17, 15) is 9.18 Å². The molecule has 0 fully saturated rings. The van der Waals surface area contributed by atoms with Gasteiger partial charge in [0.15, 0.2) is 5.69 Å². The molecule has 0 unspecified atom stereocenters. The summed E-state index contributed by atoms with van der Waals surface area (Å²) in [6, 6.07) is 6.69. The number of ether oxygens (including phenoxy) is 1. The molecule has 8 heteroatoms. The topological polar surface area (TPSA) is 129 Å². The number of aromatic nitrogens is 1. The van der Waals surface area contributed by atoms with Crippen molar-refractivity contribution in [3.8, 4) is 11.5 Å². The van der Waals surface area contributed by atoms with Crippen molar-refractivity contribution in [3.63, 3.8) is 0 Å². The fraction of sp³-hybridized carbons (Fsp3) is 0. The van der Waals surface area contributed by atoms with Crippen molar-refractivity contribution in [1.82, 2.24) is 4.98 Å². The molecular weight excluding hydrogens is 281 g/mol. The molecule has 0 bridgehead atoms. The van der Waals surface area contributed by atoms with Crippen LogP contribution in [0.4, 0.5) is 10.1 Å². The Balaban J connectivity index is 0.000000677. The van der Waals surface area contributed by atoms with Gasteiger partial charge in [-0.2, -0.15) is 0 Å². The van der Waals surface area contributed by atoms with Crippen molar-refractivity contribution in [3.05, 3.63) is 48.0 Å². The first-order chi connectivity index (χ1) is 9.97. The SMILES string of the molecule is NC=O.Nc1ccc(Oc2ccnc(C(=O)O)c2)cc1F. The molecule has 0 spiro atoms. The van der Waals surface area contributed by atoms with Gasteiger partial charge in [-0.25, -0.2) is 14.2 Å². The van der Waals surface area contributed by atoms with Crippen LogP contribution in [-0.4, -0.2) is 22.5 Å². The molecule has 0 aliphatic heterocycles. The van der Waals surface area contributed by atoms with Gasteiger partial charge in [0.2, 0.25) is 6.41 Å². The summed E-state index contributed by atoms with van der Waals surface area (Å²) >= 11 is 0. The summed E-state index contributed by atoms with van der Waals surface area (Å²) < 4.78 is 18.5. The van der Waals surface area contributed by atoms with Gasteiger partial charge < -0.3 is 21.3 Å². The van der Waals surface area contributed by atoms with Gasteiger partial charge in [-0.1, -0.05) is 0 Å². The van der Waals surface area contributed by atoms with Crippen LogP contribution in [0, 0.1) is 5.82 Å². The number of carboxylic acids is 1. The lowest BCUT2D eigenvalue weighted by molar-refractivity contribution is -0.106. The van der Waals surface area contributed by atoms with Crippen LogP contribution in [0.3, 0.4) is 0 Å². The Bertz CT molecular complexity index is 649. The first kappa shape index (κ1) is 15.9. The number of primary amides is 1. The minimum Gasteiger partial charge on any atom is -0.477 e. The number of hydrogen-bond acceptors (Lipinski definition) is 5. The molecule has 0 aliphatic carbocycles. The third-order valence-electron chi connectivity index (χ3n) is 2.16. The second-order valence-electron chi connectivity index (χ2n) is 3.60. The van der Waals surface area contributed by atoms with Crippen molar-refractivity contribution >= 4 is 18.1 Å². The fourth-order valence-corrected chi connectivity index (χ4v) is 1.30. The Kier molecular flexibility index (Phi) is 5.63. The molecule has 1 amide bonds. The maximum absolute atomic E-state index is 13.2. The zero-order valence-electron chi connectivity index (χ0n) is 10.7. The molecule has 0 saturated carbocycles. The fourth-order valence-electron chi connectivity index (χ4n) is 1.30. The van der Waals surface area contributed by atoms with Gasteiger partial charge in [0.1, 0.15) is 17.3 Å². The first-order valence-electron chi connectivity index (χ1n) is 5.55. The molecule has 0 aliphatic rings. The smallest absolute Gasteiger partial charge is 0.354 e. The predicted molar refractivity (Wildman–Crippen MR) is 72.3 cm³/mol. The van der Waals surface area contributed by atoms with Crippen molar-refractivity contribution in [2.24, 2.45) is 5.73 Å². The van der Waals surface area contributed by atoms with Crippen molar-refractivity contribution in [2.75, 3.05) is 5.73 Å². The average Bonchev–Trinajstić information content (AvgIpc) is 2.44. The van der Waals surface area contributed by atoms with Crippen LogP contribution in [0.25, 0.3) is 0 Å². The molecule has 0 atom stereocenters. The van der Waals surface area contributed by atoms with E-state index in [-0.39, 0.29) is 29.3 Å². The molecular formula is C13H12FN3O4. The van der Waals surface area contributed by atoms with Crippen LogP contribution in [0.15, 0.2) is 36.5 Å². The number of carboxylic acid groups (broad SMARTS) is 1. The van der Waals surface area contributed by atoms with Crippen molar-refractivity contribution in [2.45, 2.75) is 0 Å². The largest absolute Gasteiger partial charge is 0.477 e. The number of nitrogens with zero attached hydrogens (tertiary/aromatic N) is 1. The summed E-state index contributed by atoms with van der Waals surface area (Å²) in [5, 5.41) is 8.76. The molecule has 7 nitrogen and oxygen atoms in total. The van der Waals surface area contributed by atoms with E-state index in [0.717, 1.165) is 6.07 Å². The lowest BCUT2D eigenvalue weighted by Crippen LogP contribution is -1.99. The summed E-state index contributed by atoms with van der Waals surface area (Å²) in [7, 11) is 0. The van der Waals surface area contributed by atoms with Gasteiger partial charge in [0.25, 0.3) is 0 Å². The highest BCUT2D eigenvalue weighted by Gasteiger charge is 2.07. The summed E-state index contributed by atoms with van der Waals surface area (Å²) in [5.74, 6) is -1.28. The number of benzene rings is 1. The van der Waals surface area contributed by atoms with Crippen LogP contribution < -0.4 is 16.2 Å². The van der Waals surface area contributed by atoms with Gasteiger partial charge >= 0.3 is 5.97 Å². The molecule has 0 saturated heterocycles. The number of carbonyl (C=O) groups excluding carboxylic acids is 1. The quantitative estimate of drug-likeness (QED) is 0.579. The Morgan fingerprint density at radius 3 is 2.48 bits per heavy atom. The van der Waals surface area contributed by atoms with Crippen molar-refractivity contribution < 1.29 is 23.8 Å². The number of nitrogen functional groups attached to an aromatic ring is 1. The maximum Gasteiger partial charge on any atom is 0.354 e. The zero-order valence-corrected chi connectivity index (χ0v) is 10.7. The molecule has 0 radical (unpaired) electrons. The highest BCUT2D eigenvalue weighted by molar-refractivity contribution is 5.85. The van der Waals surface area contributed by atoms with E-state index in [0.29, 0.717) is 0 Å². The molecule has 1 aromatic heterocycles. The van der Waals surface area contributed by atoms with Gasteiger partial charge in [-0.05, 0) is 18.2 Å². The van der Waals surface area contributed by atoms with E-state index < -0.39 is 11.8 Å². The average molecular weight is 293 g/mol. The van der Waals surface area contributed by atoms with Crippen molar-refractivity contribution in [1.29, 1.82) is 0 Å². The highest BCUT2D eigenvalue weighted by Crippen LogP contribution is 2.24. The molecule has 2 aromatic rings. The Labute approximate surface area is 119 Å². The van der Waals surface area contributed by atoms with Crippen LogP contribution in [-0.2, 0) is 4.79 Å². The number of aromatic carboxylic acids is 1. The third-order valence-corrected chi connectivity index (χ3v) is 2.16. The summed E-state index contributed by atoms with van der Waals surface area (Å²) in [6.45, 7) is 0.